The van der Waals surface area contributed by atoms with E-state index in [9.17, 15) is 28.0 Å². The third kappa shape index (κ3) is 55.9. The second-order valence-corrected chi connectivity index (χ2v) is 24.0. The van der Waals surface area contributed by atoms with Crippen LogP contribution < -0.4 is 31.9 Å². The van der Waals surface area contributed by atoms with Crippen molar-refractivity contribution >= 4 is 47.4 Å². The maximum atomic E-state index is 12.5. The van der Waals surface area contributed by atoms with Crippen molar-refractivity contribution in [3.8, 4) is 48.4 Å². The molecule has 0 radical (unpaired) electrons. The van der Waals surface area contributed by atoms with Gasteiger partial charge in [-0.05, 0) is 81.2 Å². The minimum atomic E-state index is -2.71. The second kappa shape index (κ2) is 69.0. The van der Waals surface area contributed by atoms with Gasteiger partial charge in [0.15, 0.2) is 0 Å². The van der Waals surface area contributed by atoms with Crippen LogP contribution in [0.25, 0.3) is 20.9 Å². The lowest BCUT2D eigenvalue weighted by Crippen LogP contribution is -2.36. The van der Waals surface area contributed by atoms with Crippen LogP contribution in [-0.4, -0.2) is 181 Å². The molecular weight excluding hydrogens is 1250 g/mol. The zero-order valence-corrected chi connectivity index (χ0v) is 59.5. The third-order valence-corrected chi connectivity index (χ3v) is 17.0. The number of carbonyl (C=O) groups is 4. The van der Waals surface area contributed by atoms with Gasteiger partial charge >= 0.3 is 18.0 Å². The lowest BCUT2D eigenvalue weighted by Gasteiger charge is -2.16. The first-order valence-corrected chi connectivity index (χ1v) is 36.6. The molecule has 6 rings (SSSR count). The van der Waals surface area contributed by atoms with E-state index in [1.54, 1.807) is 0 Å². The summed E-state index contributed by atoms with van der Waals surface area (Å²) in [5, 5.41) is 25.2. The van der Waals surface area contributed by atoms with E-state index in [1.165, 1.54) is 38.5 Å². The molecule has 0 aromatic rings. The molecule has 0 saturated carbocycles. The van der Waals surface area contributed by atoms with E-state index >= 15 is 0 Å². The van der Waals surface area contributed by atoms with E-state index in [4.69, 9.17) is 52.3 Å². The summed E-state index contributed by atoms with van der Waals surface area (Å²) in [6.07, 6.45) is 33.7. The number of nitrogens with zero attached hydrogens (tertiary/aromatic N) is 6. The van der Waals surface area contributed by atoms with Crippen molar-refractivity contribution < 1.29 is 56.4 Å². The van der Waals surface area contributed by atoms with Crippen LogP contribution >= 0.6 is 23.5 Å². The Morgan fingerprint density at radius 3 is 1.41 bits per heavy atom. The van der Waals surface area contributed by atoms with Gasteiger partial charge in [-0.2, -0.15) is 32.3 Å². The van der Waals surface area contributed by atoms with Crippen LogP contribution in [0.15, 0.2) is 10.2 Å². The number of rotatable bonds is 38. The van der Waals surface area contributed by atoms with Gasteiger partial charge in [0.05, 0.1) is 103 Å². The highest BCUT2D eigenvalue weighted by molar-refractivity contribution is 8.00. The quantitative estimate of drug-likeness (QED) is 0.00840. The summed E-state index contributed by atoms with van der Waals surface area (Å²) in [7, 11) is 0. The Hall–Kier alpha value is -5.34. The lowest BCUT2D eigenvalue weighted by molar-refractivity contribution is -0.122. The first-order valence-electron chi connectivity index (χ1n) is 34.5. The Kier molecular flexibility index (Phi) is 66.6. The van der Waals surface area contributed by atoms with Crippen LogP contribution in [0.2, 0.25) is 0 Å². The highest BCUT2D eigenvalue weighted by atomic mass is 32.2. The minimum absolute atomic E-state index is 0.0421. The molecule has 0 aromatic heterocycles. The number of fused-ring (bicyclic) bond motifs is 2. The van der Waals surface area contributed by atoms with E-state index in [-0.39, 0.29) is 54.5 Å². The molecule has 0 spiro atoms. The van der Waals surface area contributed by atoms with E-state index in [0.29, 0.717) is 148 Å². The Balaban J connectivity index is 0. The van der Waals surface area contributed by atoms with Crippen LogP contribution in [-0.2, 0) is 38.0 Å². The fourth-order valence-electron chi connectivity index (χ4n) is 9.12. The maximum Gasteiger partial charge on any atom is 0.315 e. The maximum absolute atomic E-state index is 12.5. The Morgan fingerprint density at radius 2 is 0.979 bits per heavy atom. The molecule has 6 N–H and O–H groups in total. The van der Waals surface area contributed by atoms with Crippen molar-refractivity contribution in [1.29, 1.82) is 0 Å². The van der Waals surface area contributed by atoms with Crippen molar-refractivity contribution in [1.82, 2.24) is 31.9 Å². The number of hydrogen-bond acceptors (Lipinski definition) is 14. The van der Waals surface area contributed by atoms with Crippen LogP contribution in [0.4, 0.5) is 18.4 Å². The van der Waals surface area contributed by atoms with Gasteiger partial charge in [-0.15, -0.1) is 36.5 Å². The van der Waals surface area contributed by atoms with E-state index in [2.05, 4.69) is 95.4 Å². The Morgan fingerprint density at radius 1 is 0.564 bits per heavy atom. The summed E-state index contributed by atoms with van der Waals surface area (Å²) in [5.41, 5.74) is 15.9. The molecule has 4 fully saturated rings. The molecule has 26 heteroatoms. The van der Waals surface area contributed by atoms with Gasteiger partial charge in [0.2, 0.25) is 11.8 Å². The monoisotopic (exact) mass is 1360 g/mol. The number of unbranched alkanes of at least 4 members (excludes halogenated alkanes) is 5. The molecule has 94 heavy (non-hydrogen) atoms. The fraction of sp³-hybridized carbons (Fsp3) is 0.824. The largest absolute Gasteiger partial charge is 0.379 e. The number of thioether (sulfide) groups is 2. The summed E-state index contributed by atoms with van der Waals surface area (Å²) in [5.74, 6) is 15.1. The number of alkyl halides is 2. The zero-order chi connectivity index (χ0) is 69.6. The minimum Gasteiger partial charge on any atom is -0.379 e. The van der Waals surface area contributed by atoms with Crippen molar-refractivity contribution in [2.24, 2.45) is 10.2 Å². The third-order valence-electron chi connectivity index (χ3n) is 14.0. The molecule has 6 aliphatic rings. The van der Waals surface area contributed by atoms with Crippen LogP contribution in [0.1, 0.15) is 202 Å². The molecule has 4 saturated heterocycles. The van der Waals surface area contributed by atoms with Gasteiger partial charge in [0, 0.05) is 109 Å². The number of hydrogen-bond donors (Lipinski definition) is 6. The van der Waals surface area contributed by atoms with Crippen LogP contribution in [0, 0.1) is 48.4 Å². The average Bonchev–Trinajstić information content (AvgIpc) is 1.70. The molecule has 536 valence electrons. The normalized spacial score (nSPS) is 19.4. The topological polar surface area (TPSA) is 293 Å². The van der Waals surface area contributed by atoms with Crippen molar-refractivity contribution in [2.75, 3.05) is 117 Å². The number of ether oxygens (including phenoxy) is 6. The number of terminal acetylenes is 2. The molecule has 6 amide bonds. The number of halogens is 2. The summed E-state index contributed by atoms with van der Waals surface area (Å²) in [6, 6.07) is 0.876. The number of carbonyl (C=O) groups excluding carboxylic acids is 4. The summed E-state index contributed by atoms with van der Waals surface area (Å²) < 4.78 is 56.9. The number of amides is 6. The molecule has 0 bridgehead atoms. The highest BCUT2D eigenvalue weighted by Gasteiger charge is 2.43. The first-order chi connectivity index (χ1) is 45.9. The second-order valence-electron chi connectivity index (χ2n) is 21.5. The van der Waals surface area contributed by atoms with Gasteiger partial charge in [-0.25, -0.2) is 9.59 Å². The van der Waals surface area contributed by atoms with Crippen LogP contribution in [0.5, 0.6) is 0 Å². The van der Waals surface area contributed by atoms with Gasteiger partial charge in [0.1, 0.15) is 0 Å². The summed E-state index contributed by atoms with van der Waals surface area (Å²) in [6.45, 7) is 19.9. The molecule has 4 heterocycles. The molecule has 0 aromatic carbocycles. The Labute approximate surface area is 572 Å². The predicted molar refractivity (Wildman–Crippen MR) is 378 cm³/mol. The van der Waals surface area contributed by atoms with Gasteiger partial charge in [-0.1, -0.05) is 103 Å². The number of azide groups is 2. The number of urea groups is 2. The fourth-order valence-corrected chi connectivity index (χ4v) is 12.2. The standard InChI is InChI=1S/C20H33N3O5S.C18H32N6O5S.C8H10F2.C8H12.C6H10.C4H9N3.2C2H6/c1-2-3-9-26-11-13-28-14-12-27-10-8-21-18(24)7-5-4-6-17-19-16(15-29-17)22-20(25)23-19;19-24-21-6-8-28-10-12-29-11-9-27-7-5-20-16(25)4-2-1-3-15-17-14(13-30-15)22-18(26)23-17;9-8(10)6-4-2-1-3-5-7-8;1-2-4-6-8-7-5-3-1;1-3-5-6-4-2;1-2-3-4-6-7-5;2*1-2/h1,16-17,19H,3-15H2,(H,21,24)(H2,22,23,25);14-15,17H,1-13H2,(H,20,25)(H2,22,23,26);1-4,6H2;1-6H2;1H,4-6H2,2H3;2-4H2,1H3;2*1-2H3/t16-,17?,19-;14-,15?,17-;;;;;;/m11....../s1. The molecule has 4 aliphatic heterocycles. The van der Waals surface area contributed by atoms with Gasteiger partial charge in [0.25, 0.3) is 0 Å². The molecular formula is C68H118F2N12O10S2. The molecule has 2 aliphatic carbocycles. The molecule has 6 atom stereocenters. The Bertz CT molecular complexity index is 2210. The number of nitrogens with one attached hydrogen (secondary N) is 6. The van der Waals surface area contributed by atoms with Crippen molar-refractivity contribution in [2.45, 2.75) is 243 Å². The van der Waals surface area contributed by atoms with Crippen LogP contribution in [0.3, 0.4) is 0 Å². The predicted octanol–water partition coefficient (Wildman–Crippen LogP) is 13.0. The average molecular weight is 1370 g/mol. The summed E-state index contributed by atoms with van der Waals surface area (Å²) >= 11 is 3.81. The van der Waals surface area contributed by atoms with Gasteiger partial charge < -0.3 is 60.3 Å². The first kappa shape index (κ1) is 90.7. The van der Waals surface area contributed by atoms with E-state index in [0.717, 1.165) is 95.0 Å². The lowest BCUT2D eigenvalue weighted by atomic mass is 10.0. The molecule has 2 unspecified atom stereocenters. The van der Waals surface area contributed by atoms with Crippen molar-refractivity contribution in [3.63, 3.8) is 0 Å². The smallest absolute Gasteiger partial charge is 0.315 e. The van der Waals surface area contributed by atoms with E-state index < -0.39 is 5.92 Å². The van der Waals surface area contributed by atoms with Crippen molar-refractivity contribution in [3.05, 3.63) is 20.9 Å². The van der Waals surface area contributed by atoms with Gasteiger partial charge in [-0.3, -0.25) is 9.59 Å². The van der Waals surface area contributed by atoms with E-state index in [1.807, 2.05) is 57.1 Å². The summed E-state index contributed by atoms with van der Waals surface area (Å²) in [4.78, 5) is 51.7. The zero-order valence-electron chi connectivity index (χ0n) is 57.9. The SMILES string of the molecule is C#CCCCC.C#CCCOCCOCCOCCNC(=O)CCCCC1SC[C@H]2NC(=O)N[C@@H]12.C1#CCCCCCC1.CC.CC.CCCCN=[N+]=[N-].FC1(F)C#CCCCCC1.[N-]=[N+]=NCCOCCOCCOCCNC(=O)CCCCC1SC[C@H]2NC(=O)N[C@@H]12. The highest BCUT2D eigenvalue weighted by Crippen LogP contribution is 2.34. The molecule has 22 nitrogen and oxygen atoms in total.